The number of nitrogens with one attached hydrogen (secondary N) is 1. The largest absolute Gasteiger partial charge is 0.368 e. The van der Waals surface area contributed by atoms with Gasteiger partial charge in [0.2, 0.25) is 0 Å². The van der Waals surface area contributed by atoms with Crippen molar-refractivity contribution in [3.63, 3.8) is 0 Å². The molecule has 1 aromatic rings. The Morgan fingerprint density at radius 1 is 1.36 bits per heavy atom. The topological polar surface area (TPSA) is 77.8 Å². The van der Waals surface area contributed by atoms with Gasteiger partial charge in [0, 0.05) is 20.5 Å². The van der Waals surface area contributed by atoms with Crippen molar-refractivity contribution in [1.29, 1.82) is 0 Å². The maximum atomic E-state index is 12.4. The molecule has 1 saturated heterocycles. The monoisotopic (exact) mass is 432 g/mol. The van der Waals surface area contributed by atoms with Crippen LogP contribution in [0.25, 0.3) is 0 Å². The van der Waals surface area contributed by atoms with E-state index in [9.17, 15) is 14.7 Å². The molecule has 2 aliphatic heterocycles. The number of halogens is 2. The van der Waals surface area contributed by atoms with Gasteiger partial charge in [0.15, 0.2) is 5.72 Å². The minimum atomic E-state index is -1.29. The molecular formula is C13H14Br2N4O3. The van der Waals surface area contributed by atoms with E-state index in [1.54, 1.807) is 20.2 Å². The summed E-state index contributed by atoms with van der Waals surface area (Å²) >= 11 is 6.92. The lowest BCUT2D eigenvalue weighted by molar-refractivity contribution is -0.0627. The van der Waals surface area contributed by atoms with Crippen LogP contribution in [-0.2, 0) is 0 Å². The van der Waals surface area contributed by atoms with E-state index >= 15 is 0 Å². The fraction of sp³-hybridized carbons (Fsp3) is 0.538. The van der Waals surface area contributed by atoms with Crippen molar-refractivity contribution in [2.75, 3.05) is 14.1 Å². The number of rotatable bonds is 0. The molecule has 7 nitrogen and oxygen atoms in total. The van der Waals surface area contributed by atoms with Gasteiger partial charge in [0.1, 0.15) is 11.7 Å². The number of aliphatic hydroxyl groups is 1. The van der Waals surface area contributed by atoms with Gasteiger partial charge in [-0.2, -0.15) is 0 Å². The molecule has 3 heterocycles. The Morgan fingerprint density at radius 3 is 2.73 bits per heavy atom. The van der Waals surface area contributed by atoms with Crippen LogP contribution in [0.15, 0.2) is 15.1 Å². The second-order valence-corrected chi connectivity index (χ2v) is 7.69. The number of amides is 3. The molecule has 1 aliphatic carbocycles. The number of fused-ring (bicyclic) bond motifs is 5. The molecule has 1 saturated carbocycles. The second-order valence-electron chi connectivity index (χ2n) is 6.08. The Labute approximate surface area is 143 Å². The minimum Gasteiger partial charge on any atom is -0.368 e. The first-order chi connectivity index (χ1) is 10.3. The van der Waals surface area contributed by atoms with Gasteiger partial charge in [-0.1, -0.05) is 0 Å². The summed E-state index contributed by atoms with van der Waals surface area (Å²) in [7, 11) is 3.26. The van der Waals surface area contributed by atoms with Crippen LogP contribution in [0.3, 0.4) is 0 Å². The fourth-order valence-corrected chi connectivity index (χ4v) is 5.06. The van der Waals surface area contributed by atoms with Gasteiger partial charge in [-0.25, -0.2) is 4.79 Å². The van der Waals surface area contributed by atoms with Gasteiger partial charge in [0.25, 0.3) is 5.91 Å². The normalized spacial score (nSPS) is 36.3. The number of carbonyl (C=O) groups excluding carboxylic acids is 2. The Balaban J connectivity index is 1.87. The van der Waals surface area contributed by atoms with Gasteiger partial charge in [0.05, 0.1) is 21.2 Å². The zero-order valence-electron chi connectivity index (χ0n) is 11.9. The number of aromatic nitrogens is 1. The van der Waals surface area contributed by atoms with Gasteiger partial charge >= 0.3 is 6.03 Å². The lowest BCUT2D eigenvalue weighted by atomic mass is 10.0. The van der Waals surface area contributed by atoms with E-state index in [2.05, 4.69) is 37.2 Å². The van der Waals surface area contributed by atoms with Gasteiger partial charge in [-0.05, 0) is 37.9 Å². The average Bonchev–Trinajstić information content (AvgIpc) is 2.98. The van der Waals surface area contributed by atoms with Crippen molar-refractivity contribution in [3.05, 3.63) is 20.8 Å². The molecule has 3 aliphatic rings. The minimum absolute atomic E-state index is 0.124. The van der Waals surface area contributed by atoms with Crippen molar-refractivity contribution >= 4 is 43.8 Å². The van der Waals surface area contributed by atoms with Crippen molar-refractivity contribution in [3.8, 4) is 0 Å². The summed E-state index contributed by atoms with van der Waals surface area (Å²) in [6.07, 6.45) is 0.363. The number of nitrogens with zero attached hydrogens (tertiary/aromatic N) is 3. The lowest BCUT2D eigenvalue weighted by Gasteiger charge is -2.34. The highest BCUT2D eigenvalue weighted by Gasteiger charge is 2.65. The van der Waals surface area contributed by atoms with Crippen molar-refractivity contribution in [1.82, 2.24) is 19.7 Å². The molecule has 2 fully saturated rings. The molecule has 1 aromatic heterocycles. The van der Waals surface area contributed by atoms with E-state index in [0.717, 1.165) is 9.08 Å². The Bertz CT molecular complexity index is 720. The van der Waals surface area contributed by atoms with E-state index < -0.39 is 11.8 Å². The third kappa shape index (κ3) is 1.49. The number of hydrogen-bond donors (Lipinski definition) is 2. The van der Waals surface area contributed by atoms with Gasteiger partial charge < -0.3 is 19.9 Å². The third-order valence-electron chi connectivity index (χ3n) is 5.12. The standard InChI is InChI=1S/C13H14Br2N4O3/c1-17-9-8-7(4-13(9,22)18(2)12(17)21)19-6(11(20)16-8)3-5(14)10(19)15/h3,7-9,22H,4H2,1-2H3,(H,16,20)/t7-,8-,9+,13+/m1/s1. The predicted molar refractivity (Wildman–Crippen MR) is 84.4 cm³/mol. The summed E-state index contributed by atoms with van der Waals surface area (Å²) in [4.78, 5) is 27.4. The number of carbonyl (C=O) groups is 2. The lowest BCUT2D eigenvalue weighted by Crippen LogP contribution is -2.56. The SMILES string of the molecule is CN1C(=O)N(C)[C@]2(O)C[C@@H]3[C@@H](NC(=O)c4cc(Br)c(Br)n43)[C@H]12. The Kier molecular flexibility index (Phi) is 2.82. The molecule has 22 heavy (non-hydrogen) atoms. The molecule has 4 rings (SSSR count). The quantitative estimate of drug-likeness (QED) is 0.643. The highest BCUT2D eigenvalue weighted by Crippen LogP contribution is 2.49. The van der Waals surface area contributed by atoms with Crippen LogP contribution in [-0.4, -0.2) is 63.3 Å². The smallest absolute Gasteiger partial charge is 0.322 e. The number of likely N-dealkylation sites (N-methyl/N-ethyl adjacent to an activating group) is 2. The van der Waals surface area contributed by atoms with Crippen molar-refractivity contribution in [2.45, 2.75) is 30.3 Å². The first kappa shape index (κ1) is 14.5. The molecule has 2 N–H and O–H groups in total. The summed E-state index contributed by atoms with van der Waals surface area (Å²) in [6.45, 7) is 0. The Hall–Kier alpha value is -1.06. The average molecular weight is 434 g/mol. The summed E-state index contributed by atoms with van der Waals surface area (Å²) in [5, 5.41) is 14.0. The summed E-state index contributed by atoms with van der Waals surface area (Å²) < 4.78 is 3.46. The van der Waals surface area contributed by atoms with E-state index in [-0.39, 0.29) is 24.0 Å². The molecule has 0 bridgehead atoms. The fourth-order valence-electron chi connectivity index (χ4n) is 4.08. The van der Waals surface area contributed by atoms with Gasteiger partial charge in [-0.3, -0.25) is 9.69 Å². The van der Waals surface area contributed by atoms with Crippen LogP contribution in [0.1, 0.15) is 23.0 Å². The maximum Gasteiger partial charge on any atom is 0.322 e. The number of urea groups is 1. The Morgan fingerprint density at radius 2 is 2.05 bits per heavy atom. The van der Waals surface area contributed by atoms with E-state index in [1.807, 2.05) is 4.57 Å². The highest BCUT2D eigenvalue weighted by atomic mass is 79.9. The van der Waals surface area contributed by atoms with Crippen molar-refractivity contribution < 1.29 is 14.7 Å². The summed E-state index contributed by atoms with van der Waals surface area (Å²) in [5.74, 6) is -0.202. The molecule has 4 atom stereocenters. The first-order valence-electron chi connectivity index (χ1n) is 6.87. The molecule has 118 valence electrons. The van der Waals surface area contributed by atoms with Crippen LogP contribution < -0.4 is 5.32 Å². The molecule has 0 radical (unpaired) electrons. The molecule has 9 heteroatoms. The van der Waals surface area contributed by atoms with Crippen LogP contribution >= 0.6 is 31.9 Å². The van der Waals surface area contributed by atoms with E-state index in [1.165, 1.54) is 9.80 Å². The molecule has 3 amide bonds. The van der Waals surface area contributed by atoms with E-state index in [4.69, 9.17) is 0 Å². The molecule has 0 spiro atoms. The zero-order chi connectivity index (χ0) is 16.0. The highest BCUT2D eigenvalue weighted by molar-refractivity contribution is 9.13. The third-order valence-corrected chi connectivity index (χ3v) is 7.06. The van der Waals surface area contributed by atoms with Gasteiger partial charge in [-0.15, -0.1) is 0 Å². The molecule has 0 aromatic carbocycles. The molecular weight excluding hydrogens is 420 g/mol. The number of hydrogen-bond acceptors (Lipinski definition) is 3. The van der Waals surface area contributed by atoms with Crippen LogP contribution in [0.2, 0.25) is 0 Å². The summed E-state index contributed by atoms with van der Waals surface area (Å²) in [6, 6.07) is 0.589. The van der Waals surface area contributed by atoms with Crippen LogP contribution in [0.5, 0.6) is 0 Å². The molecule has 0 unspecified atom stereocenters. The van der Waals surface area contributed by atoms with Crippen LogP contribution in [0, 0.1) is 0 Å². The first-order valence-corrected chi connectivity index (χ1v) is 8.46. The second kappa shape index (κ2) is 4.27. The van der Waals surface area contributed by atoms with Crippen molar-refractivity contribution in [2.24, 2.45) is 0 Å². The maximum absolute atomic E-state index is 12.4. The summed E-state index contributed by atoms with van der Waals surface area (Å²) in [5.41, 5.74) is -0.744. The predicted octanol–water partition coefficient (Wildman–Crippen LogP) is 1.12. The zero-order valence-corrected chi connectivity index (χ0v) is 15.0. The van der Waals surface area contributed by atoms with Crippen LogP contribution in [0.4, 0.5) is 4.79 Å². The van der Waals surface area contributed by atoms with E-state index in [0.29, 0.717) is 12.1 Å².